The van der Waals surface area contributed by atoms with E-state index >= 15 is 0 Å². The molecular formula is C15H24N2. The second-order valence-corrected chi connectivity index (χ2v) is 5.32. The van der Waals surface area contributed by atoms with Gasteiger partial charge < -0.3 is 10.2 Å². The molecule has 1 aromatic carbocycles. The first-order valence-corrected chi connectivity index (χ1v) is 6.70. The van der Waals surface area contributed by atoms with Crippen molar-refractivity contribution in [2.75, 3.05) is 20.6 Å². The summed E-state index contributed by atoms with van der Waals surface area (Å²) in [5.74, 6) is 0. The lowest BCUT2D eigenvalue weighted by atomic mass is 9.90. The highest BCUT2D eigenvalue weighted by Crippen LogP contribution is 2.27. The SMILES string of the molecule is CCCC1NCCc2cc(CN(C)C)ccc21. The van der Waals surface area contributed by atoms with Gasteiger partial charge in [0, 0.05) is 12.6 Å². The van der Waals surface area contributed by atoms with Crippen LogP contribution in [0.4, 0.5) is 0 Å². The monoisotopic (exact) mass is 232 g/mol. The van der Waals surface area contributed by atoms with Crippen molar-refractivity contribution in [2.45, 2.75) is 38.8 Å². The fraction of sp³-hybridized carbons (Fsp3) is 0.600. The van der Waals surface area contributed by atoms with Crippen LogP contribution in [0.15, 0.2) is 18.2 Å². The summed E-state index contributed by atoms with van der Waals surface area (Å²) < 4.78 is 0. The Hall–Kier alpha value is -0.860. The molecule has 0 amide bonds. The molecule has 1 atom stereocenters. The number of hydrogen-bond acceptors (Lipinski definition) is 2. The van der Waals surface area contributed by atoms with E-state index in [1.807, 2.05) is 0 Å². The van der Waals surface area contributed by atoms with E-state index in [1.165, 1.54) is 30.4 Å². The maximum Gasteiger partial charge on any atom is 0.0323 e. The first-order valence-electron chi connectivity index (χ1n) is 6.70. The summed E-state index contributed by atoms with van der Waals surface area (Å²) in [7, 11) is 4.25. The largest absolute Gasteiger partial charge is 0.310 e. The summed E-state index contributed by atoms with van der Waals surface area (Å²) in [5.41, 5.74) is 4.52. The molecule has 17 heavy (non-hydrogen) atoms. The first kappa shape index (κ1) is 12.6. The molecule has 0 aromatic heterocycles. The minimum Gasteiger partial charge on any atom is -0.310 e. The topological polar surface area (TPSA) is 15.3 Å². The fourth-order valence-corrected chi connectivity index (χ4v) is 2.72. The molecule has 1 aliphatic rings. The van der Waals surface area contributed by atoms with E-state index in [9.17, 15) is 0 Å². The second kappa shape index (κ2) is 5.65. The van der Waals surface area contributed by atoms with Crippen molar-refractivity contribution in [2.24, 2.45) is 0 Å². The van der Waals surface area contributed by atoms with Gasteiger partial charge in [0.25, 0.3) is 0 Å². The van der Waals surface area contributed by atoms with Gasteiger partial charge in [-0.25, -0.2) is 0 Å². The molecule has 0 fully saturated rings. The molecule has 2 rings (SSSR count). The molecule has 0 spiro atoms. The molecule has 0 aliphatic carbocycles. The lowest BCUT2D eigenvalue weighted by Gasteiger charge is -2.27. The number of benzene rings is 1. The smallest absolute Gasteiger partial charge is 0.0323 e. The summed E-state index contributed by atoms with van der Waals surface area (Å²) in [6.45, 7) is 4.43. The number of nitrogens with one attached hydrogen (secondary N) is 1. The van der Waals surface area contributed by atoms with Crippen LogP contribution in [-0.2, 0) is 13.0 Å². The molecule has 2 heteroatoms. The minimum absolute atomic E-state index is 0.581. The third-order valence-electron chi connectivity index (χ3n) is 3.44. The third-order valence-corrected chi connectivity index (χ3v) is 3.44. The van der Waals surface area contributed by atoms with Crippen LogP contribution in [0.25, 0.3) is 0 Å². The van der Waals surface area contributed by atoms with Gasteiger partial charge in [0.15, 0.2) is 0 Å². The molecule has 1 aromatic rings. The second-order valence-electron chi connectivity index (χ2n) is 5.32. The Bertz CT molecular complexity index is 371. The Morgan fingerprint density at radius 2 is 2.18 bits per heavy atom. The molecule has 94 valence electrons. The Balaban J connectivity index is 2.20. The standard InChI is InChI=1S/C15H24N2/c1-4-5-15-14-7-6-12(11-17(2)3)10-13(14)8-9-16-15/h6-7,10,15-16H,4-5,8-9,11H2,1-3H3. The van der Waals surface area contributed by atoms with Gasteiger partial charge in [0.1, 0.15) is 0 Å². The average molecular weight is 232 g/mol. The molecule has 1 aliphatic heterocycles. The van der Waals surface area contributed by atoms with Crippen LogP contribution in [0.1, 0.15) is 42.5 Å². The molecular weight excluding hydrogens is 208 g/mol. The summed E-state index contributed by atoms with van der Waals surface area (Å²) in [6, 6.07) is 7.60. The predicted octanol–water partition coefficient (Wildman–Crippen LogP) is 2.74. The minimum atomic E-state index is 0.581. The Morgan fingerprint density at radius 3 is 2.88 bits per heavy atom. The van der Waals surface area contributed by atoms with Crippen molar-refractivity contribution in [3.8, 4) is 0 Å². The highest BCUT2D eigenvalue weighted by atomic mass is 15.0. The Morgan fingerprint density at radius 1 is 1.35 bits per heavy atom. The van der Waals surface area contributed by atoms with E-state index in [2.05, 4.69) is 49.4 Å². The van der Waals surface area contributed by atoms with E-state index in [-0.39, 0.29) is 0 Å². The van der Waals surface area contributed by atoms with Gasteiger partial charge in [-0.15, -0.1) is 0 Å². The molecule has 1 heterocycles. The lowest BCUT2D eigenvalue weighted by molar-refractivity contribution is 0.401. The van der Waals surface area contributed by atoms with Crippen molar-refractivity contribution in [3.05, 3.63) is 34.9 Å². The van der Waals surface area contributed by atoms with E-state index < -0.39 is 0 Å². The number of rotatable bonds is 4. The van der Waals surface area contributed by atoms with Gasteiger partial charge >= 0.3 is 0 Å². The van der Waals surface area contributed by atoms with Gasteiger partial charge in [0.2, 0.25) is 0 Å². The normalized spacial score (nSPS) is 19.4. The maximum atomic E-state index is 3.63. The highest BCUT2D eigenvalue weighted by molar-refractivity contribution is 5.36. The van der Waals surface area contributed by atoms with Crippen molar-refractivity contribution >= 4 is 0 Å². The van der Waals surface area contributed by atoms with Crippen LogP contribution in [-0.4, -0.2) is 25.5 Å². The predicted molar refractivity (Wildman–Crippen MR) is 73.2 cm³/mol. The van der Waals surface area contributed by atoms with Crippen LogP contribution in [0.5, 0.6) is 0 Å². The molecule has 1 N–H and O–H groups in total. The van der Waals surface area contributed by atoms with E-state index in [0.29, 0.717) is 6.04 Å². The van der Waals surface area contributed by atoms with Gasteiger partial charge in [-0.2, -0.15) is 0 Å². The fourth-order valence-electron chi connectivity index (χ4n) is 2.72. The van der Waals surface area contributed by atoms with Gasteiger partial charge in [-0.1, -0.05) is 31.5 Å². The zero-order chi connectivity index (χ0) is 12.3. The highest BCUT2D eigenvalue weighted by Gasteiger charge is 2.18. The molecule has 0 saturated carbocycles. The van der Waals surface area contributed by atoms with Crippen LogP contribution < -0.4 is 5.32 Å². The molecule has 2 nitrogen and oxygen atoms in total. The van der Waals surface area contributed by atoms with Crippen LogP contribution in [0, 0.1) is 0 Å². The molecule has 0 saturated heterocycles. The third kappa shape index (κ3) is 3.08. The lowest BCUT2D eigenvalue weighted by Crippen LogP contribution is -2.29. The van der Waals surface area contributed by atoms with Gasteiger partial charge in [0.05, 0.1) is 0 Å². The molecule has 1 unspecified atom stereocenters. The van der Waals surface area contributed by atoms with Crippen molar-refractivity contribution < 1.29 is 0 Å². The van der Waals surface area contributed by atoms with Gasteiger partial charge in [-0.05, 0) is 50.2 Å². The quantitative estimate of drug-likeness (QED) is 0.858. The summed E-state index contributed by atoms with van der Waals surface area (Å²) in [5, 5.41) is 3.63. The summed E-state index contributed by atoms with van der Waals surface area (Å²) in [4.78, 5) is 2.23. The van der Waals surface area contributed by atoms with Crippen LogP contribution in [0.3, 0.4) is 0 Å². The zero-order valence-electron chi connectivity index (χ0n) is 11.3. The summed E-state index contributed by atoms with van der Waals surface area (Å²) in [6.07, 6.45) is 3.67. The van der Waals surface area contributed by atoms with E-state index in [4.69, 9.17) is 0 Å². The van der Waals surface area contributed by atoms with Crippen molar-refractivity contribution in [3.63, 3.8) is 0 Å². The maximum absolute atomic E-state index is 3.63. The Labute approximate surface area is 105 Å². The zero-order valence-corrected chi connectivity index (χ0v) is 11.3. The number of hydrogen-bond donors (Lipinski definition) is 1. The van der Waals surface area contributed by atoms with E-state index in [0.717, 1.165) is 13.1 Å². The van der Waals surface area contributed by atoms with Crippen molar-refractivity contribution in [1.29, 1.82) is 0 Å². The van der Waals surface area contributed by atoms with Gasteiger partial charge in [-0.3, -0.25) is 0 Å². The summed E-state index contributed by atoms with van der Waals surface area (Å²) >= 11 is 0. The van der Waals surface area contributed by atoms with Crippen LogP contribution in [0.2, 0.25) is 0 Å². The average Bonchev–Trinajstić information content (AvgIpc) is 2.28. The number of fused-ring (bicyclic) bond motifs is 1. The number of nitrogens with zero attached hydrogens (tertiary/aromatic N) is 1. The molecule has 0 bridgehead atoms. The Kier molecular flexibility index (Phi) is 4.19. The molecule has 0 radical (unpaired) electrons. The van der Waals surface area contributed by atoms with Crippen LogP contribution >= 0.6 is 0 Å². The van der Waals surface area contributed by atoms with E-state index in [1.54, 1.807) is 5.56 Å². The first-order chi connectivity index (χ1) is 8.20. The van der Waals surface area contributed by atoms with Crippen molar-refractivity contribution in [1.82, 2.24) is 10.2 Å².